The summed E-state index contributed by atoms with van der Waals surface area (Å²) < 4.78 is 24.2. The maximum Gasteiger partial charge on any atom is 0.287 e. The average molecular weight is 326 g/mol. The summed E-state index contributed by atoms with van der Waals surface area (Å²) >= 11 is 0. The molecule has 2 heterocycles. The molecule has 1 aromatic carbocycles. The zero-order valence-corrected chi connectivity index (χ0v) is 13.0. The number of nitrogens with zero attached hydrogens (tertiary/aromatic N) is 1. The largest absolute Gasteiger partial charge is 0.481 e. The van der Waals surface area contributed by atoms with Crippen molar-refractivity contribution in [1.82, 2.24) is 10.3 Å². The molecule has 0 radical (unpaired) electrons. The Labute approximate surface area is 138 Å². The third-order valence-electron chi connectivity index (χ3n) is 3.43. The number of pyridine rings is 1. The van der Waals surface area contributed by atoms with Crippen LogP contribution in [0.2, 0.25) is 0 Å². The lowest BCUT2D eigenvalue weighted by Gasteiger charge is -2.04. The van der Waals surface area contributed by atoms with Gasteiger partial charge < -0.3 is 14.5 Å². The highest BCUT2D eigenvalue weighted by atomic mass is 19.1. The van der Waals surface area contributed by atoms with Gasteiger partial charge in [-0.15, -0.1) is 0 Å². The molecular weight excluding hydrogens is 311 g/mol. The van der Waals surface area contributed by atoms with Crippen molar-refractivity contribution in [2.45, 2.75) is 6.54 Å². The van der Waals surface area contributed by atoms with E-state index in [-0.39, 0.29) is 11.7 Å². The van der Waals surface area contributed by atoms with Crippen molar-refractivity contribution in [3.63, 3.8) is 0 Å². The van der Waals surface area contributed by atoms with E-state index < -0.39 is 5.82 Å². The second kappa shape index (κ2) is 6.95. The van der Waals surface area contributed by atoms with E-state index in [0.717, 1.165) is 5.56 Å². The second-order valence-electron chi connectivity index (χ2n) is 5.04. The van der Waals surface area contributed by atoms with E-state index in [1.165, 1.54) is 19.2 Å². The highest BCUT2D eigenvalue weighted by molar-refractivity contribution is 5.92. The molecule has 1 amide bonds. The monoisotopic (exact) mass is 326 g/mol. The molecule has 2 aromatic heterocycles. The fourth-order valence-electron chi connectivity index (χ4n) is 2.17. The summed E-state index contributed by atoms with van der Waals surface area (Å²) in [4.78, 5) is 16.2. The van der Waals surface area contributed by atoms with Gasteiger partial charge in [0.05, 0.1) is 12.7 Å². The minimum absolute atomic E-state index is 0.120. The van der Waals surface area contributed by atoms with Crippen LogP contribution in [0, 0.1) is 5.82 Å². The Morgan fingerprint density at radius 1 is 1.21 bits per heavy atom. The SMILES string of the molecule is COc1ccc(CNC(=O)c2ccc(-c3ccccc3F)o2)cn1. The number of hydrogen-bond donors (Lipinski definition) is 1. The van der Waals surface area contributed by atoms with Crippen molar-refractivity contribution < 1.29 is 18.3 Å². The lowest BCUT2D eigenvalue weighted by Crippen LogP contribution is -2.22. The fourth-order valence-corrected chi connectivity index (χ4v) is 2.17. The lowest BCUT2D eigenvalue weighted by molar-refractivity contribution is 0.0924. The van der Waals surface area contributed by atoms with Crippen LogP contribution < -0.4 is 10.1 Å². The highest BCUT2D eigenvalue weighted by Gasteiger charge is 2.14. The molecule has 0 aliphatic rings. The van der Waals surface area contributed by atoms with Gasteiger partial charge in [0, 0.05) is 18.8 Å². The normalized spacial score (nSPS) is 10.4. The number of benzene rings is 1. The predicted octanol–water partition coefficient (Wildman–Crippen LogP) is 3.42. The first-order chi connectivity index (χ1) is 11.7. The Balaban J connectivity index is 1.66. The van der Waals surface area contributed by atoms with Gasteiger partial charge in [0.1, 0.15) is 11.6 Å². The van der Waals surface area contributed by atoms with Crippen molar-refractivity contribution in [3.05, 3.63) is 71.9 Å². The van der Waals surface area contributed by atoms with E-state index in [1.54, 1.807) is 42.6 Å². The number of hydrogen-bond acceptors (Lipinski definition) is 4. The molecule has 0 unspecified atom stereocenters. The zero-order valence-electron chi connectivity index (χ0n) is 13.0. The van der Waals surface area contributed by atoms with Crippen molar-refractivity contribution in [3.8, 4) is 17.2 Å². The molecule has 0 atom stereocenters. The topological polar surface area (TPSA) is 64.4 Å². The molecule has 0 aliphatic carbocycles. The maximum absolute atomic E-state index is 13.7. The van der Waals surface area contributed by atoms with E-state index in [9.17, 15) is 9.18 Å². The van der Waals surface area contributed by atoms with Gasteiger partial charge in [-0.2, -0.15) is 0 Å². The summed E-state index contributed by atoms with van der Waals surface area (Å²) in [7, 11) is 1.54. The van der Waals surface area contributed by atoms with Crippen LogP contribution in [0.4, 0.5) is 4.39 Å². The Kier molecular flexibility index (Phi) is 4.56. The number of nitrogens with one attached hydrogen (secondary N) is 1. The third kappa shape index (κ3) is 3.43. The molecule has 1 N–H and O–H groups in total. The van der Waals surface area contributed by atoms with Gasteiger partial charge >= 0.3 is 0 Å². The van der Waals surface area contributed by atoms with E-state index in [1.807, 2.05) is 0 Å². The molecule has 0 fully saturated rings. The number of methoxy groups -OCH3 is 1. The Morgan fingerprint density at radius 2 is 2.04 bits per heavy atom. The first-order valence-electron chi connectivity index (χ1n) is 7.29. The Bertz CT molecular complexity index is 843. The van der Waals surface area contributed by atoms with Gasteiger partial charge in [-0.05, 0) is 29.8 Å². The molecule has 3 rings (SSSR count). The molecular formula is C18H15FN2O3. The minimum atomic E-state index is -0.400. The second-order valence-corrected chi connectivity index (χ2v) is 5.04. The van der Waals surface area contributed by atoms with Crippen LogP contribution in [0.25, 0.3) is 11.3 Å². The predicted molar refractivity (Wildman–Crippen MR) is 86.1 cm³/mol. The number of ether oxygens (including phenoxy) is 1. The van der Waals surface area contributed by atoms with Crippen LogP contribution in [-0.2, 0) is 6.54 Å². The minimum Gasteiger partial charge on any atom is -0.481 e. The van der Waals surface area contributed by atoms with Crippen LogP contribution in [0.15, 0.2) is 59.1 Å². The number of carbonyl (C=O) groups is 1. The molecule has 0 bridgehead atoms. The van der Waals surface area contributed by atoms with Gasteiger partial charge in [0.25, 0.3) is 5.91 Å². The van der Waals surface area contributed by atoms with Gasteiger partial charge in [-0.1, -0.05) is 18.2 Å². The summed E-state index contributed by atoms with van der Waals surface area (Å²) in [5.74, 6) is 0.154. The van der Waals surface area contributed by atoms with Gasteiger partial charge in [-0.3, -0.25) is 4.79 Å². The van der Waals surface area contributed by atoms with Gasteiger partial charge in [0.15, 0.2) is 5.76 Å². The summed E-state index contributed by atoms with van der Waals surface area (Å²) in [6.07, 6.45) is 1.62. The standard InChI is InChI=1S/C18H15FN2O3/c1-23-17-9-6-12(10-20-17)11-21-18(22)16-8-7-15(24-16)13-4-2-3-5-14(13)19/h2-10H,11H2,1H3,(H,21,22). The molecule has 0 spiro atoms. The molecule has 3 aromatic rings. The molecule has 0 saturated carbocycles. The number of halogens is 1. The van der Waals surface area contributed by atoms with Gasteiger partial charge in [0.2, 0.25) is 5.88 Å². The molecule has 122 valence electrons. The van der Waals surface area contributed by atoms with Crippen LogP contribution >= 0.6 is 0 Å². The van der Waals surface area contributed by atoms with E-state index in [0.29, 0.717) is 23.7 Å². The molecule has 5 nitrogen and oxygen atoms in total. The highest BCUT2D eigenvalue weighted by Crippen LogP contribution is 2.24. The van der Waals surface area contributed by atoms with Crippen molar-refractivity contribution in [2.75, 3.05) is 7.11 Å². The Hall–Kier alpha value is -3.15. The molecule has 24 heavy (non-hydrogen) atoms. The van der Waals surface area contributed by atoms with E-state index >= 15 is 0 Å². The van der Waals surface area contributed by atoms with E-state index in [4.69, 9.17) is 9.15 Å². The lowest BCUT2D eigenvalue weighted by atomic mass is 10.1. The number of furan rings is 1. The summed E-state index contributed by atoms with van der Waals surface area (Å²) in [6.45, 7) is 0.297. The fraction of sp³-hybridized carbons (Fsp3) is 0.111. The number of carbonyl (C=O) groups excluding carboxylic acids is 1. The summed E-state index contributed by atoms with van der Waals surface area (Å²) in [5, 5.41) is 2.72. The van der Waals surface area contributed by atoms with Crippen molar-refractivity contribution in [1.29, 1.82) is 0 Å². The number of aromatic nitrogens is 1. The average Bonchev–Trinajstić information content (AvgIpc) is 3.10. The molecule has 0 saturated heterocycles. The zero-order chi connectivity index (χ0) is 16.9. The summed E-state index contributed by atoms with van der Waals surface area (Å²) in [6, 6.07) is 12.8. The first kappa shape index (κ1) is 15.7. The molecule has 0 aliphatic heterocycles. The van der Waals surface area contributed by atoms with Crippen molar-refractivity contribution >= 4 is 5.91 Å². The van der Waals surface area contributed by atoms with Gasteiger partial charge in [-0.25, -0.2) is 9.37 Å². The Morgan fingerprint density at radius 3 is 2.75 bits per heavy atom. The number of rotatable bonds is 5. The van der Waals surface area contributed by atoms with Crippen LogP contribution in [0.3, 0.4) is 0 Å². The molecule has 6 heteroatoms. The van der Waals surface area contributed by atoms with Crippen LogP contribution in [-0.4, -0.2) is 18.0 Å². The van der Waals surface area contributed by atoms with Crippen LogP contribution in [0.1, 0.15) is 16.1 Å². The van der Waals surface area contributed by atoms with Crippen LogP contribution in [0.5, 0.6) is 5.88 Å². The first-order valence-corrected chi connectivity index (χ1v) is 7.29. The van der Waals surface area contributed by atoms with Crippen molar-refractivity contribution in [2.24, 2.45) is 0 Å². The van der Waals surface area contributed by atoms with E-state index in [2.05, 4.69) is 10.3 Å². The third-order valence-corrected chi connectivity index (χ3v) is 3.43. The maximum atomic E-state index is 13.7. The smallest absolute Gasteiger partial charge is 0.287 e. The number of amides is 1. The summed E-state index contributed by atoms with van der Waals surface area (Å²) in [5.41, 5.74) is 1.14. The quantitative estimate of drug-likeness (QED) is 0.780.